The molecular formula is C11H14N2O4S. The Bertz CT molecular complexity index is 593. The van der Waals surface area contributed by atoms with E-state index in [1.165, 1.54) is 25.3 Å². The van der Waals surface area contributed by atoms with Gasteiger partial charge in [0.25, 0.3) is 5.91 Å². The first-order valence-electron chi connectivity index (χ1n) is 4.94. The fourth-order valence-electron chi connectivity index (χ4n) is 1.45. The number of sulfone groups is 1. The highest BCUT2D eigenvalue weighted by molar-refractivity contribution is 7.91. The molecule has 1 aromatic carbocycles. The minimum Gasteiger partial charge on any atom is -0.496 e. The number of hydrogen-bond acceptors (Lipinski definition) is 5. The summed E-state index contributed by atoms with van der Waals surface area (Å²) in [7, 11) is -2.28. The van der Waals surface area contributed by atoms with E-state index in [0.717, 1.165) is 0 Å². The van der Waals surface area contributed by atoms with Gasteiger partial charge in [-0.15, -0.1) is 6.58 Å². The normalized spacial score (nSPS) is 10.9. The summed E-state index contributed by atoms with van der Waals surface area (Å²) in [6, 6.07) is 2.38. The number of anilines is 1. The molecule has 0 aliphatic rings. The molecule has 4 N–H and O–H groups in total. The molecule has 0 aromatic heterocycles. The number of ether oxygens (including phenoxy) is 1. The molecule has 7 heteroatoms. The second-order valence-electron chi connectivity index (χ2n) is 3.52. The highest BCUT2D eigenvalue weighted by Gasteiger charge is 2.21. The number of benzene rings is 1. The topological polar surface area (TPSA) is 112 Å². The summed E-state index contributed by atoms with van der Waals surface area (Å²) in [5, 5.41) is 0. The second kappa shape index (κ2) is 5.09. The largest absolute Gasteiger partial charge is 0.496 e. The lowest BCUT2D eigenvalue weighted by atomic mass is 10.1. The van der Waals surface area contributed by atoms with E-state index in [1.54, 1.807) is 0 Å². The van der Waals surface area contributed by atoms with Gasteiger partial charge in [-0.3, -0.25) is 4.79 Å². The fraction of sp³-hybridized carbons (Fsp3) is 0.182. The van der Waals surface area contributed by atoms with Crippen molar-refractivity contribution in [2.24, 2.45) is 5.73 Å². The van der Waals surface area contributed by atoms with E-state index in [4.69, 9.17) is 16.2 Å². The molecule has 0 bridgehead atoms. The van der Waals surface area contributed by atoms with Gasteiger partial charge in [0.1, 0.15) is 5.75 Å². The van der Waals surface area contributed by atoms with Crippen LogP contribution in [0.1, 0.15) is 10.4 Å². The van der Waals surface area contributed by atoms with Crippen LogP contribution in [0.3, 0.4) is 0 Å². The van der Waals surface area contributed by atoms with Crippen molar-refractivity contribution in [3.63, 3.8) is 0 Å². The molecule has 18 heavy (non-hydrogen) atoms. The van der Waals surface area contributed by atoms with Crippen LogP contribution in [0.5, 0.6) is 5.75 Å². The van der Waals surface area contributed by atoms with E-state index in [2.05, 4.69) is 6.58 Å². The Morgan fingerprint density at radius 1 is 1.50 bits per heavy atom. The van der Waals surface area contributed by atoms with E-state index < -0.39 is 15.7 Å². The lowest BCUT2D eigenvalue weighted by molar-refractivity contribution is 0.0997. The highest BCUT2D eigenvalue weighted by Crippen LogP contribution is 2.29. The molecular weight excluding hydrogens is 256 g/mol. The van der Waals surface area contributed by atoms with Gasteiger partial charge >= 0.3 is 0 Å². The molecule has 0 spiro atoms. The van der Waals surface area contributed by atoms with Gasteiger partial charge in [-0.1, -0.05) is 6.08 Å². The van der Waals surface area contributed by atoms with Crippen LogP contribution in [0.4, 0.5) is 5.69 Å². The van der Waals surface area contributed by atoms with Gasteiger partial charge in [0.15, 0.2) is 9.84 Å². The van der Waals surface area contributed by atoms with Crippen LogP contribution in [0.15, 0.2) is 29.7 Å². The fourth-order valence-corrected chi connectivity index (χ4v) is 2.65. The zero-order chi connectivity index (χ0) is 13.9. The third kappa shape index (κ3) is 2.62. The van der Waals surface area contributed by atoms with Crippen molar-refractivity contribution in [3.8, 4) is 5.75 Å². The van der Waals surface area contributed by atoms with E-state index in [0.29, 0.717) is 0 Å². The quantitative estimate of drug-likeness (QED) is 0.591. The van der Waals surface area contributed by atoms with Crippen molar-refractivity contribution < 1.29 is 17.9 Å². The molecule has 1 rings (SSSR count). The summed E-state index contributed by atoms with van der Waals surface area (Å²) in [6.07, 6.45) is 1.25. The van der Waals surface area contributed by atoms with Gasteiger partial charge in [0.05, 0.1) is 29.0 Å². The molecule has 0 atom stereocenters. The number of methoxy groups -OCH3 is 1. The molecule has 0 fully saturated rings. The lowest BCUT2D eigenvalue weighted by Crippen LogP contribution is -2.15. The molecule has 98 valence electrons. The average Bonchev–Trinajstić information content (AvgIpc) is 2.28. The zero-order valence-corrected chi connectivity index (χ0v) is 10.7. The molecule has 0 radical (unpaired) electrons. The summed E-state index contributed by atoms with van der Waals surface area (Å²) >= 11 is 0. The molecule has 0 unspecified atom stereocenters. The Morgan fingerprint density at radius 3 is 2.56 bits per heavy atom. The summed E-state index contributed by atoms with van der Waals surface area (Å²) in [4.78, 5) is 11.0. The van der Waals surface area contributed by atoms with Crippen LogP contribution >= 0.6 is 0 Å². The zero-order valence-electron chi connectivity index (χ0n) is 9.84. The van der Waals surface area contributed by atoms with Gasteiger partial charge in [-0.25, -0.2) is 8.42 Å². The minimum absolute atomic E-state index is 0.0348. The van der Waals surface area contributed by atoms with Crippen LogP contribution in [-0.4, -0.2) is 27.2 Å². The van der Waals surface area contributed by atoms with Crippen LogP contribution < -0.4 is 16.2 Å². The molecule has 0 aliphatic carbocycles. The van der Waals surface area contributed by atoms with Crippen molar-refractivity contribution >= 4 is 21.4 Å². The number of hydrogen-bond donors (Lipinski definition) is 2. The standard InChI is InChI=1S/C11H14N2O4S/c1-3-4-18(15,16)10-6-9(17-2)7(11(13)14)5-8(10)12/h3,5-6H,1,4,12H2,2H3,(H2,13,14). The van der Waals surface area contributed by atoms with Gasteiger partial charge < -0.3 is 16.2 Å². The predicted molar refractivity (Wildman–Crippen MR) is 68.2 cm³/mol. The third-order valence-electron chi connectivity index (χ3n) is 2.27. The first-order chi connectivity index (χ1) is 8.33. The lowest BCUT2D eigenvalue weighted by Gasteiger charge is -2.11. The predicted octanol–water partition coefficient (Wildman–Crippen LogP) is 0.336. The molecule has 1 aromatic rings. The third-order valence-corrected chi connectivity index (χ3v) is 3.97. The van der Waals surface area contributed by atoms with E-state index in [9.17, 15) is 13.2 Å². The van der Waals surface area contributed by atoms with Crippen molar-refractivity contribution in [3.05, 3.63) is 30.4 Å². The van der Waals surface area contributed by atoms with Crippen molar-refractivity contribution in [1.82, 2.24) is 0 Å². The van der Waals surface area contributed by atoms with E-state index in [-0.39, 0.29) is 27.6 Å². The highest BCUT2D eigenvalue weighted by atomic mass is 32.2. The first-order valence-corrected chi connectivity index (χ1v) is 6.59. The second-order valence-corrected chi connectivity index (χ2v) is 5.53. The Hall–Kier alpha value is -2.02. The Balaban J connectivity index is 3.50. The van der Waals surface area contributed by atoms with Crippen LogP contribution in [-0.2, 0) is 9.84 Å². The summed E-state index contributed by atoms with van der Waals surface area (Å²) in [5.41, 5.74) is 10.7. The smallest absolute Gasteiger partial charge is 0.252 e. The number of nitrogen functional groups attached to an aromatic ring is 1. The van der Waals surface area contributed by atoms with Crippen LogP contribution in [0, 0.1) is 0 Å². The maximum absolute atomic E-state index is 11.9. The number of amides is 1. The molecule has 6 nitrogen and oxygen atoms in total. The maximum atomic E-state index is 11.9. The maximum Gasteiger partial charge on any atom is 0.252 e. The number of primary amides is 1. The van der Waals surface area contributed by atoms with Crippen LogP contribution in [0.25, 0.3) is 0 Å². The van der Waals surface area contributed by atoms with E-state index >= 15 is 0 Å². The van der Waals surface area contributed by atoms with Crippen LogP contribution in [0.2, 0.25) is 0 Å². The number of carbonyl (C=O) groups is 1. The summed E-state index contributed by atoms with van der Waals surface area (Å²) < 4.78 is 28.7. The van der Waals surface area contributed by atoms with Gasteiger partial charge in [0.2, 0.25) is 0 Å². The number of nitrogens with two attached hydrogens (primary N) is 2. The van der Waals surface area contributed by atoms with Gasteiger partial charge in [-0.2, -0.15) is 0 Å². The Morgan fingerprint density at radius 2 is 2.11 bits per heavy atom. The van der Waals surface area contributed by atoms with Gasteiger partial charge in [0, 0.05) is 6.07 Å². The molecule has 1 amide bonds. The summed E-state index contributed by atoms with van der Waals surface area (Å²) in [5.74, 6) is -0.929. The van der Waals surface area contributed by atoms with Gasteiger partial charge in [-0.05, 0) is 6.07 Å². The minimum atomic E-state index is -3.59. The average molecular weight is 270 g/mol. The van der Waals surface area contributed by atoms with Crippen molar-refractivity contribution in [2.75, 3.05) is 18.6 Å². The van der Waals surface area contributed by atoms with Crippen molar-refractivity contribution in [2.45, 2.75) is 4.90 Å². The number of rotatable bonds is 5. The molecule has 0 aliphatic heterocycles. The molecule has 0 saturated carbocycles. The van der Waals surface area contributed by atoms with Crippen molar-refractivity contribution in [1.29, 1.82) is 0 Å². The van der Waals surface area contributed by atoms with E-state index in [1.807, 2.05) is 0 Å². The monoisotopic (exact) mass is 270 g/mol. The Kier molecular flexibility index (Phi) is 3.97. The molecule has 0 heterocycles. The first kappa shape index (κ1) is 14.0. The SMILES string of the molecule is C=CCS(=O)(=O)c1cc(OC)c(C(N)=O)cc1N. The Labute approximate surface area is 105 Å². The molecule has 0 saturated heterocycles. The summed E-state index contributed by atoms with van der Waals surface area (Å²) in [6.45, 7) is 3.36. The number of carbonyl (C=O) groups excluding carboxylic acids is 1.